The second kappa shape index (κ2) is 7.93. The van der Waals surface area contributed by atoms with Gasteiger partial charge < -0.3 is 16.2 Å². The average molecular weight is 460 g/mol. The van der Waals surface area contributed by atoms with Crippen molar-refractivity contribution in [1.82, 2.24) is 9.97 Å². The number of nitrogens with one attached hydrogen (secondary N) is 1. The molecule has 1 atom stereocenters. The summed E-state index contributed by atoms with van der Waals surface area (Å²) in [6.07, 6.45) is 3.09. The number of hydrogen-bond donors (Lipinski definition) is 3. The zero-order valence-electron chi connectivity index (χ0n) is 17.4. The minimum atomic E-state index is -0.784. The van der Waals surface area contributed by atoms with Crippen molar-refractivity contribution in [2.75, 3.05) is 11.1 Å². The maximum absolute atomic E-state index is 14.8. The van der Waals surface area contributed by atoms with E-state index in [1.165, 1.54) is 12.3 Å². The van der Waals surface area contributed by atoms with Gasteiger partial charge in [-0.25, -0.2) is 9.37 Å². The summed E-state index contributed by atoms with van der Waals surface area (Å²) < 4.78 is 14.6. The van der Waals surface area contributed by atoms with Crippen molar-refractivity contribution in [2.24, 2.45) is 10.7 Å². The van der Waals surface area contributed by atoms with E-state index in [1.807, 2.05) is 20.8 Å². The largest absolute Gasteiger partial charge is 0.392 e. The van der Waals surface area contributed by atoms with Crippen LogP contribution >= 0.6 is 23.4 Å². The molecule has 0 spiro atoms. The molecule has 31 heavy (non-hydrogen) atoms. The molecule has 2 aromatic heterocycles. The summed E-state index contributed by atoms with van der Waals surface area (Å²) >= 11 is 7.74. The van der Waals surface area contributed by atoms with Crippen LogP contribution in [0.15, 0.2) is 41.7 Å². The van der Waals surface area contributed by atoms with Crippen LogP contribution in [0.25, 0.3) is 10.9 Å². The fourth-order valence-corrected chi connectivity index (χ4v) is 4.69. The maximum atomic E-state index is 14.8. The zero-order valence-corrected chi connectivity index (χ0v) is 19.0. The summed E-state index contributed by atoms with van der Waals surface area (Å²) in [6.45, 7) is 5.73. The average Bonchev–Trinajstić information content (AvgIpc) is 2.73. The van der Waals surface area contributed by atoms with Gasteiger partial charge in [-0.1, -0.05) is 11.6 Å². The molecule has 0 radical (unpaired) electrons. The normalized spacial score (nSPS) is 20.5. The molecule has 1 aliphatic heterocycles. The molecule has 6 nitrogen and oxygen atoms in total. The number of fused-ring (bicyclic) bond motifs is 1. The molecule has 0 saturated heterocycles. The molecule has 0 bridgehead atoms. The predicted molar refractivity (Wildman–Crippen MR) is 126 cm³/mol. The number of rotatable bonds is 4. The van der Waals surface area contributed by atoms with E-state index in [0.29, 0.717) is 50.1 Å². The molecule has 0 unspecified atom stereocenters. The van der Waals surface area contributed by atoms with Crippen molar-refractivity contribution in [3.05, 3.63) is 58.6 Å². The molecular weight excluding hydrogens is 437 g/mol. The van der Waals surface area contributed by atoms with Crippen LogP contribution in [0.2, 0.25) is 5.02 Å². The molecule has 3 heterocycles. The predicted octanol–water partition coefficient (Wildman–Crippen LogP) is 4.76. The number of aromatic nitrogens is 2. The lowest BCUT2D eigenvalue weighted by Crippen LogP contribution is -2.44. The number of aliphatic imine (C=N–C) groups is 1. The Morgan fingerprint density at radius 3 is 2.71 bits per heavy atom. The third-order valence-corrected chi connectivity index (χ3v) is 7.30. The highest BCUT2D eigenvalue weighted by Gasteiger charge is 2.39. The fourth-order valence-electron chi connectivity index (χ4n) is 3.48. The second-order valence-corrected chi connectivity index (χ2v) is 10.3. The van der Waals surface area contributed by atoms with Gasteiger partial charge in [0.05, 0.1) is 21.9 Å². The van der Waals surface area contributed by atoms with E-state index in [4.69, 9.17) is 17.3 Å². The van der Waals surface area contributed by atoms with Gasteiger partial charge in [0.15, 0.2) is 5.82 Å². The lowest BCUT2D eigenvalue weighted by atomic mass is 9.92. The minimum Gasteiger partial charge on any atom is -0.392 e. The Morgan fingerprint density at radius 1 is 1.23 bits per heavy atom. The fraction of sp³-hybridized carbons (Fsp3) is 0.318. The Bertz CT molecular complexity index is 1200. The third kappa shape index (κ3) is 4.07. The molecule has 0 saturated carbocycles. The van der Waals surface area contributed by atoms with E-state index in [-0.39, 0.29) is 17.2 Å². The van der Waals surface area contributed by atoms with Crippen LogP contribution in [0.3, 0.4) is 0 Å². The Morgan fingerprint density at radius 2 is 2.00 bits per heavy atom. The number of thioether (sulfide) groups is 1. The smallest absolute Gasteiger partial charge is 0.156 e. The van der Waals surface area contributed by atoms with Crippen molar-refractivity contribution in [2.45, 2.75) is 37.7 Å². The van der Waals surface area contributed by atoms with Crippen molar-refractivity contribution < 1.29 is 9.50 Å². The SMILES string of the molecule is CC1(C)SC[C@@](C)(c2cc(Nc3ncc(CO)c4cc(Cl)cnc34)ccc2F)N=C1N. The third-order valence-electron chi connectivity index (χ3n) is 5.45. The van der Waals surface area contributed by atoms with E-state index >= 15 is 0 Å². The zero-order chi connectivity index (χ0) is 22.4. The van der Waals surface area contributed by atoms with Gasteiger partial charge in [-0.3, -0.25) is 9.98 Å². The first-order valence-corrected chi connectivity index (χ1v) is 11.1. The van der Waals surface area contributed by atoms with Gasteiger partial charge in [-0.2, -0.15) is 0 Å². The first-order valence-electron chi connectivity index (χ1n) is 9.74. The van der Waals surface area contributed by atoms with Crippen LogP contribution in [0.4, 0.5) is 15.9 Å². The molecule has 4 N–H and O–H groups in total. The highest BCUT2D eigenvalue weighted by molar-refractivity contribution is 8.01. The van der Waals surface area contributed by atoms with Gasteiger partial charge in [0.25, 0.3) is 0 Å². The van der Waals surface area contributed by atoms with Gasteiger partial charge in [0.1, 0.15) is 17.2 Å². The Hall–Kier alpha value is -2.42. The molecule has 4 rings (SSSR count). The van der Waals surface area contributed by atoms with Gasteiger partial charge in [-0.05, 0) is 45.0 Å². The number of amidine groups is 1. The number of aliphatic hydroxyl groups is 1. The maximum Gasteiger partial charge on any atom is 0.156 e. The molecule has 1 aliphatic rings. The van der Waals surface area contributed by atoms with E-state index in [9.17, 15) is 9.50 Å². The van der Waals surface area contributed by atoms with Crippen molar-refractivity contribution >= 4 is 51.6 Å². The number of halogens is 2. The van der Waals surface area contributed by atoms with Crippen molar-refractivity contribution in [1.29, 1.82) is 0 Å². The van der Waals surface area contributed by atoms with Crippen LogP contribution < -0.4 is 11.1 Å². The van der Waals surface area contributed by atoms with E-state index in [0.717, 1.165) is 0 Å². The molecule has 9 heteroatoms. The number of benzene rings is 1. The standard InChI is InChI=1S/C22H23ClFN5OS/c1-21(2)20(25)29-22(3,11-31-21)16-7-14(4-5-17(16)24)28-19-18-15(6-13(23)9-26-18)12(10-30)8-27-19/h4-9,30H,10-11H2,1-3H3,(H2,25,29)(H,27,28)/t22-/m0/s1. The highest BCUT2D eigenvalue weighted by Crippen LogP contribution is 2.42. The van der Waals surface area contributed by atoms with Gasteiger partial charge in [0, 0.05) is 40.3 Å². The Kier molecular flexibility index (Phi) is 5.57. The summed E-state index contributed by atoms with van der Waals surface area (Å²) in [4.78, 5) is 13.4. The topological polar surface area (TPSA) is 96.4 Å². The summed E-state index contributed by atoms with van der Waals surface area (Å²) in [7, 11) is 0. The van der Waals surface area contributed by atoms with E-state index < -0.39 is 5.54 Å². The first kappa shape index (κ1) is 21.8. The molecule has 0 fully saturated rings. The number of hydrogen-bond acceptors (Lipinski definition) is 7. The van der Waals surface area contributed by atoms with Crippen LogP contribution in [-0.4, -0.2) is 31.4 Å². The lowest BCUT2D eigenvalue weighted by molar-refractivity contribution is 0.283. The highest BCUT2D eigenvalue weighted by atomic mass is 35.5. The Balaban J connectivity index is 1.75. The second-order valence-electron chi connectivity index (χ2n) is 8.23. The summed E-state index contributed by atoms with van der Waals surface area (Å²) in [5.41, 5.74) is 7.67. The molecule has 162 valence electrons. The number of aliphatic hydroxyl groups excluding tert-OH is 1. The lowest BCUT2D eigenvalue weighted by Gasteiger charge is -2.38. The quantitative estimate of drug-likeness (QED) is 0.520. The van der Waals surface area contributed by atoms with Crippen molar-refractivity contribution in [3.63, 3.8) is 0 Å². The van der Waals surface area contributed by atoms with Gasteiger partial charge in [-0.15, -0.1) is 11.8 Å². The Labute approximate surface area is 189 Å². The van der Waals surface area contributed by atoms with Crippen LogP contribution in [-0.2, 0) is 12.1 Å². The van der Waals surface area contributed by atoms with Crippen LogP contribution in [0, 0.1) is 5.82 Å². The molecule has 3 aromatic rings. The van der Waals surface area contributed by atoms with Crippen LogP contribution in [0.1, 0.15) is 31.9 Å². The van der Waals surface area contributed by atoms with E-state index in [1.54, 1.807) is 36.2 Å². The van der Waals surface area contributed by atoms with Crippen LogP contribution in [0.5, 0.6) is 0 Å². The summed E-state index contributed by atoms with van der Waals surface area (Å²) in [5.74, 6) is 1.24. The van der Waals surface area contributed by atoms with Gasteiger partial charge >= 0.3 is 0 Å². The number of anilines is 2. The number of nitrogens with zero attached hydrogens (tertiary/aromatic N) is 3. The molecule has 1 aromatic carbocycles. The monoisotopic (exact) mass is 459 g/mol. The molecular formula is C22H23ClFN5OS. The number of pyridine rings is 2. The molecule has 0 aliphatic carbocycles. The van der Waals surface area contributed by atoms with E-state index in [2.05, 4.69) is 20.3 Å². The summed E-state index contributed by atoms with van der Waals surface area (Å²) in [5, 5.41) is 14.0. The minimum absolute atomic E-state index is 0.182. The first-order chi connectivity index (χ1) is 14.6. The van der Waals surface area contributed by atoms with Crippen molar-refractivity contribution in [3.8, 4) is 0 Å². The summed E-state index contributed by atoms with van der Waals surface area (Å²) in [6, 6.07) is 6.51. The van der Waals surface area contributed by atoms with Gasteiger partial charge in [0.2, 0.25) is 0 Å². The number of nitrogens with two attached hydrogens (primary N) is 1. The molecule has 0 amide bonds.